The van der Waals surface area contributed by atoms with Crippen molar-refractivity contribution in [1.82, 2.24) is 4.98 Å². The van der Waals surface area contributed by atoms with E-state index in [-0.39, 0.29) is 11.3 Å². The SMILES string of the molecule is Cc1csc(C(Cl)C(C)c2ccncc2)c1Cl. The predicted octanol–water partition coefficient (Wildman–Crippen LogP) is 5.19. The number of aromatic nitrogens is 1. The number of thiophene rings is 1. The summed E-state index contributed by atoms with van der Waals surface area (Å²) in [6.07, 6.45) is 3.58. The fraction of sp³-hybridized carbons (Fsp3) is 0.308. The van der Waals surface area contributed by atoms with Crippen LogP contribution in [-0.4, -0.2) is 4.98 Å². The van der Waals surface area contributed by atoms with Gasteiger partial charge in [-0.25, -0.2) is 0 Å². The number of alkyl halides is 1. The molecular formula is C13H13Cl2NS. The van der Waals surface area contributed by atoms with Gasteiger partial charge >= 0.3 is 0 Å². The third-order valence-electron chi connectivity index (χ3n) is 2.85. The molecule has 2 aromatic rings. The number of nitrogens with zero attached hydrogens (tertiary/aromatic N) is 1. The van der Waals surface area contributed by atoms with E-state index in [1.54, 1.807) is 23.7 Å². The Morgan fingerprint density at radius 1 is 1.29 bits per heavy atom. The molecule has 0 saturated heterocycles. The maximum Gasteiger partial charge on any atom is 0.0759 e. The Labute approximate surface area is 115 Å². The summed E-state index contributed by atoms with van der Waals surface area (Å²) in [4.78, 5) is 5.07. The molecule has 0 saturated carbocycles. The minimum Gasteiger partial charge on any atom is -0.265 e. The maximum absolute atomic E-state index is 6.52. The second kappa shape index (κ2) is 5.38. The van der Waals surface area contributed by atoms with Crippen LogP contribution in [-0.2, 0) is 0 Å². The minimum atomic E-state index is -0.0939. The average molecular weight is 286 g/mol. The molecule has 90 valence electrons. The van der Waals surface area contributed by atoms with Gasteiger partial charge in [-0.05, 0) is 35.6 Å². The summed E-state index contributed by atoms with van der Waals surface area (Å²) in [5.74, 6) is 0.218. The van der Waals surface area contributed by atoms with Crippen molar-refractivity contribution in [2.75, 3.05) is 0 Å². The van der Waals surface area contributed by atoms with Gasteiger partial charge in [0.1, 0.15) is 0 Å². The molecule has 2 rings (SSSR count). The zero-order chi connectivity index (χ0) is 12.4. The summed E-state index contributed by atoms with van der Waals surface area (Å²) in [6.45, 7) is 4.11. The van der Waals surface area contributed by atoms with Gasteiger partial charge in [0.15, 0.2) is 0 Å². The largest absolute Gasteiger partial charge is 0.265 e. The first-order valence-electron chi connectivity index (χ1n) is 5.38. The smallest absolute Gasteiger partial charge is 0.0759 e. The fourth-order valence-corrected chi connectivity index (χ4v) is 3.55. The van der Waals surface area contributed by atoms with Crippen molar-refractivity contribution in [2.45, 2.75) is 25.1 Å². The van der Waals surface area contributed by atoms with E-state index in [1.165, 1.54) is 5.56 Å². The van der Waals surface area contributed by atoms with E-state index in [4.69, 9.17) is 23.2 Å². The van der Waals surface area contributed by atoms with Crippen LogP contribution in [0.1, 0.15) is 34.2 Å². The van der Waals surface area contributed by atoms with Crippen LogP contribution in [0.3, 0.4) is 0 Å². The highest BCUT2D eigenvalue weighted by molar-refractivity contribution is 7.11. The van der Waals surface area contributed by atoms with Crippen molar-refractivity contribution < 1.29 is 0 Å². The van der Waals surface area contributed by atoms with Gasteiger partial charge < -0.3 is 0 Å². The fourth-order valence-electron chi connectivity index (χ4n) is 1.70. The van der Waals surface area contributed by atoms with Gasteiger partial charge in [0.2, 0.25) is 0 Å². The molecule has 0 aliphatic rings. The van der Waals surface area contributed by atoms with Crippen molar-refractivity contribution in [2.24, 2.45) is 0 Å². The minimum absolute atomic E-state index is 0.0939. The first kappa shape index (κ1) is 12.9. The van der Waals surface area contributed by atoms with E-state index < -0.39 is 0 Å². The van der Waals surface area contributed by atoms with Crippen molar-refractivity contribution in [1.29, 1.82) is 0 Å². The lowest BCUT2D eigenvalue weighted by atomic mass is 9.97. The molecule has 2 atom stereocenters. The highest BCUT2D eigenvalue weighted by atomic mass is 35.5. The zero-order valence-corrected chi connectivity index (χ0v) is 12.0. The van der Waals surface area contributed by atoms with Crippen LogP contribution in [0.25, 0.3) is 0 Å². The lowest BCUT2D eigenvalue weighted by Crippen LogP contribution is -2.01. The van der Waals surface area contributed by atoms with Crippen LogP contribution in [0, 0.1) is 6.92 Å². The second-order valence-corrected chi connectivity index (χ2v) is 5.83. The molecule has 2 heterocycles. The number of hydrogen-bond donors (Lipinski definition) is 0. The zero-order valence-electron chi connectivity index (χ0n) is 9.65. The van der Waals surface area contributed by atoms with E-state index in [1.807, 2.05) is 24.4 Å². The number of aryl methyl sites for hydroxylation is 1. The van der Waals surface area contributed by atoms with Gasteiger partial charge in [0.25, 0.3) is 0 Å². The summed E-state index contributed by atoms with van der Waals surface area (Å²) in [5, 5.41) is 2.76. The Hall–Kier alpha value is -0.570. The molecule has 1 nitrogen and oxygen atoms in total. The molecule has 0 aliphatic carbocycles. The highest BCUT2D eigenvalue weighted by Gasteiger charge is 2.22. The first-order chi connectivity index (χ1) is 8.11. The van der Waals surface area contributed by atoms with Crippen LogP contribution >= 0.6 is 34.5 Å². The average Bonchev–Trinajstić information content (AvgIpc) is 2.69. The number of rotatable bonds is 3. The van der Waals surface area contributed by atoms with Crippen molar-refractivity contribution in [3.8, 4) is 0 Å². The molecule has 0 radical (unpaired) electrons. The van der Waals surface area contributed by atoms with Crippen LogP contribution in [0.4, 0.5) is 0 Å². The summed E-state index contributed by atoms with van der Waals surface area (Å²) in [5.41, 5.74) is 2.28. The summed E-state index contributed by atoms with van der Waals surface area (Å²) < 4.78 is 0. The van der Waals surface area contributed by atoms with Crippen LogP contribution in [0.5, 0.6) is 0 Å². The summed E-state index contributed by atoms with van der Waals surface area (Å²) in [6, 6.07) is 3.99. The quantitative estimate of drug-likeness (QED) is 0.708. The highest BCUT2D eigenvalue weighted by Crippen LogP contribution is 2.43. The van der Waals surface area contributed by atoms with Crippen LogP contribution in [0.15, 0.2) is 29.9 Å². The summed E-state index contributed by atoms with van der Waals surface area (Å²) >= 11 is 14.4. The molecule has 0 fully saturated rings. The monoisotopic (exact) mass is 285 g/mol. The lowest BCUT2D eigenvalue weighted by molar-refractivity contribution is 0.740. The molecule has 0 aromatic carbocycles. The topological polar surface area (TPSA) is 12.9 Å². The van der Waals surface area contributed by atoms with Crippen LogP contribution < -0.4 is 0 Å². The van der Waals surface area contributed by atoms with E-state index in [0.29, 0.717) is 0 Å². The third-order valence-corrected chi connectivity index (χ3v) is 5.37. The van der Waals surface area contributed by atoms with Gasteiger partial charge in [-0.1, -0.05) is 18.5 Å². The van der Waals surface area contributed by atoms with E-state index in [2.05, 4.69) is 11.9 Å². The molecule has 0 aliphatic heterocycles. The number of pyridine rings is 1. The molecule has 0 amide bonds. The van der Waals surface area contributed by atoms with E-state index in [0.717, 1.165) is 15.5 Å². The van der Waals surface area contributed by atoms with E-state index in [9.17, 15) is 0 Å². The Morgan fingerprint density at radius 3 is 2.47 bits per heavy atom. The van der Waals surface area contributed by atoms with E-state index >= 15 is 0 Å². The number of halogens is 2. The molecule has 4 heteroatoms. The van der Waals surface area contributed by atoms with Gasteiger partial charge in [-0.3, -0.25) is 4.98 Å². The Kier molecular flexibility index (Phi) is 4.08. The van der Waals surface area contributed by atoms with Gasteiger partial charge in [-0.15, -0.1) is 22.9 Å². The van der Waals surface area contributed by atoms with Crippen LogP contribution in [0.2, 0.25) is 5.02 Å². The summed E-state index contributed by atoms with van der Waals surface area (Å²) in [7, 11) is 0. The third kappa shape index (κ3) is 2.65. The van der Waals surface area contributed by atoms with Gasteiger partial charge in [0, 0.05) is 23.2 Å². The molecule has 0 bridgehead atoms. The molecule has 2 aromatic heterocycles. The van der Waals surface area contributed by atoms with Crippen molar-refractivity contribution >= 4 is 34.5 Å². The molecule has 0 spiro atoms. The number of hydrogen-bond acceptors (Lipinski definition) is 2. The second-order valence-electron chi connectivity index (χ2n) is 4.07. The molecule has 0 N–H and O–H groups in total. The van der Waals surface area contributed by atoms with Crippen molar-refractivity contribution in [3.63, 3.8) is 0 Å². The Bertz CT molecular complexity index is 495. The van der Waals surface area contributed by atoms with Gasteiger partial charge in [0.05, 0.1) is 10.4 Å². The first-order valence-corrected chi connectivity index (χ1v) is 7.08. The Balaban J connectivity index is 2.26. The predicted molar refractivity (Wildman–Crippen MR) is 75.3 cm³/mol. The molecule has 2 unspecified atom stereocenters. The Morgan fingerprint density at radius 2 is 1.94 bits per heavy atom. The normalized spacial score (nSPS) is 14.6. The molecular weight excluding hydrogens is 273 g/mol. The maximum atomic E-state index is 6.52. The lowest BCUT2D eigenvalue weighted by Gasteiger charge is -2.17. The van der Waals surface area contributed by atoms with Crippen molar-refractivity contribution in [3.05, 3.63) is 50.9 Å². The molecule has 17 heavy (non-hydrogen) atoms. The van der Waals surface area contributed by atoms with Gasteiger partial charge in [-0.2, -0.15) is 0 Å². The standard InChI is InChI=1S/C13H13Cl2NS/c1-8-7-17-13(11(8)14)12(15)9(2)10-3-5-16-6-4-10/h3-7,9,12H,1-2H3.